The molecule has 0 amide bonds. The van der Waals surface area contributed by atoms with Gasteiger partial charge in [0.15, 0.2) is 0 Å². The van der Waals surface area contributed by atoms with Crippen LogP contribution in [0.5, 0.6) is 0 Å². The predicted molar refractivity (Wildman–Crippen MR) is 38.2 cm³/mol. The molecule has 0 spiro atoms. The van der Waals surface area contributed by atoms with E-state index in [0.717, 1.165) is 19.3 Å². The topological polar surface area (TPSA) is 20.2 Å². The number of hydrogen-bond acceptors (Lipinski definition) is 1. The van der Waals surface area contributed by atoms with Crippen LogP contribution >= 0.6 is 0 Å². The van der Waals surface area contributed by atoms with Gasteiger partial charge >= 0.3 is 0 Å². The molecule has 1 heteroatoms. The van der Waals surface area contributed by atoms with Gasteiger partial charge in [-0.3, -0.25) is 0 Å². The van der Waals surface area contributed by atoms with Crippen LogP contribution in [0.1, 0.15) is 32.6 Å². The van der Waals surface area contributed by atoms with Crippen molar-refractivity contribution in [2.24, 2.45) is 0 Å². The van der Waals surface area contributed by atoms with Gasteiger partial charge in [0.05, 0.1) is 5.60 Å². The van der Waals surface area contributed by atoms with Crippen molar-refractivity contribution >= 4 is 0 Å². The van der Waals surface area contributed by atoms with Crippen molar-refractivity contribution in [3.63, 3.8) is 0 Å². The fraction of sp³-hybridized carbons (Fsp3) is 0.750. The Kier molecular flexibility index (Phi) is 1.91. The van der Waals surface area contributed by atoms with Gasteiger partial charge in [-0.2, -0.15) is 0 Å². The van der Waals surface area contributed by atoms with Gasteiger partial charge in [-0.25, -0.2) is 0 Å². The second-order valence-corrected chi connectivity index (χ2v) is 3.01. The molecule has 0 saturated carbocycles. The molecular weight excluding hydrogens is 112 g/mol. The molecule has 1 N–H and O–H groups in total. The lowest BCUT2D eigenvalue weighted by Gasteiger charge is -2.15. The lowest BCUT2D eigenvalue weighted by molar-refractivity contribution is 0.101. The number of allylic oxidation sites excluding steroid dienone is 1. The van der Waals surface area contributed by atoms with E-state index in [2.05, 4.69) is 6.08 Å². The third-order valence-corrected chi connectivity index (χ3v) is 1.78. The van der Waals surface area contributed by atoms with Gasteiger partial charge in [0.1, 0.15) is 0 Å². The minimum Gasteiger partial charge on any atom is -0.386 e. The van der Waals surface area contributed by atoms with Gasteiger partial charge in [-0.15, -0.1) is 0 Å². The molecule has 0 saturated heterocycles. The van der Waals surface area contributed by atoms with Gasteiger partial charge in [-0.05, 0) is 32.6 Å². The Bertz CT molecular complexity index is 114. The first kappa shape index (κ1) is 6.81. The molecule has 0 fully saturated rings. The van der Waals surface area contributed by atoms with E-state index in [9.17, 15) is 5.11 Å². The Morgan fingerprint density at radius 2 is 2.22 bits per heavy atom. The molecule has 0 aliphatic heterocycles. The molecule has 0 aromatic heterocycles. The number of aliphatic hydroxyl groups is 1. The van der Waals surface area contributed by atoms with Crippen molar-refractivity contribution in [1.29, 1.82) is 0 Å². The first-order valence-corrected chi connectivity index (χ1v) is 3.61. The average Bonchev–Trinajstić information content (AvgIpc) is 1.92. The van der Waals surface area contributed by atoms with E-state index in [1.54, 1.807) is 0 Å². The van der Waals surface area contributed by atoms with Gasteiger partial charge in [0, 0.05) is 0 Å². The third-order valence-electron chi connectivity index (χ3n) is 1.78. The van der Waals surface area contributed by atoms with Crippen molar-refractivity contribution < 1.29 is 5.11 Å². The zero-order chi connectivity index (χ0) is 6.74. The first-order chi connectivity index (χ1) is 4.21. The van der Waals surface area contributed by atoms with Crippen LogP contribution < -0.4 is 0 Å². The van der Waals surface area contributed by atoms with Crippen molar-refractivity contribution in [2.45, 2.75) is 38.2 Å². The van der Waals surface area contributed by atoms with Crippen LogP contribution in [0.4, 0.5) is 0 Å². The zero-order valence-corrected chi connectivity index (χ0v) is 5.93. The monoisotopic (exact) mass is 126 g/mol. The highest BCUT2D eigenvalue weighted by Crippen LogP contribution is 2.19. The van der Waals surface area contributed by atoms with Crippen LogP contribution in [-0.2, 0) is 0 Å². The van der Waals surface area contributed by atoms with E-state index < -0.39 is 5.60 Å². The Morgan fingerprint density at radius 1 is 1.44 bits per heavy atom. The summed E-state index contributed by atoms with van der Waals surface area (Å²) in [5.41, 5.74) is -0.517. The minimum atomic E-state index is -0.517. The predicted octanol–water partition coefficient (Wildman–Crippen LogP) is 1.87. The van der Waals surface area contributed by atoms with Crippen molar-refractivity contribution in [3.8, 4) is 0 Å². The highest BCUT2D eigenvalue weighted by atomic mass is 16.3. The zero-order valence-electron chi connectivity index (χ0n) is 5.93. The molecule has 1 aliphatic carbocycles. The lowest BCUT2D eigenvalue weighted by atomic mass is 10.0. The normalized spacial score (nSPS) is 36.2. The molecule has 1 atom stereocenters. The summed E-state index contributed by atoms with van der Waals surface area (Å²) in [7, 11) is 0. The van der Waals surface area contributed by atoms with Crippen molar-refractivity contribution in [2.75, 3.05) is 0 Å². The van der Waals surface area contributed by atoms with E-state index in [0.29, 0.717) is 0 Å². The molecule has 1 unspecified atom stereocenters. The second kappa shape index (κ2) is 2.53. The van der Waals surface area contributed by atoms with Gasteiger partial charge in [0.2, 0.25) is 0 Å². The SMILES string of the molecule is CC1(O)C=CCCCC1. The summed E-state index contributed by atoms with van der Waals surface area (Å²) < 4.78 is 0. The molecule has 0 bridgehead atoms. The lowest BCUT2D eigenvalue weighted by Crippen LogP contribution is -2.18. The third kappa shape index (κ3) is 2.19. The molecule has 52 valence electrons. The molecule has 1 rings (SSSR count). The molecule has 0 aromatic carbocycles. The summed E-state index contributed by atoms with van der Waals surface area (Å²) in [6.45, 7) is 1.87. The standard InChI is InChI=1S/C8H14O/c1-8(9)6-4-2-3-5-7-8/h4,6,9H,2-3,5,7H2,1H3. The highest BCUT2D eigenvalue weighted by molar-refractivity contribution is 4.99. The average molecular weight is 126 g/mol. The summed E-state index contributed by atoms with van der Waals surface area (Å²) in [5, 5.41) is 9.47. The van der Waals surface area contributed by atoms with E-state index >= 15 is 0 Å². The molecule has 1 nitrogen and oxygen atoms in total. The second-order valence-electron chi connectivity index (χ2n) is 3.01. The largest absolute Gasteiger partial charge is 0.386 e. The van der Waals surface area contributed by atoms with E-state index in [-0.39, 0.29) is 0 Å². The van der Waals surface area contributed by atoms with Crippen molar-refractivity contribution in [1.82, 2.24) is 0 Å². The Morgan fingerprint density at radius 3 is 3.00 bits per heavy atom. The fourth-order valence-electron chi connectivity index (χ4n) is 1.17. The summed E-state index contributed by atoms with van der Waals surface area (Å²) in [6, 6.07) is 0. The summed E-state index contributed by atoms with van der Waals surface area (Å²) in [6.07, 6.45) is 8.43. The first-order valence-electron chi connectivity index (χ1n) is 3.61. The maximum Gasteiger partial charge on any atom is 0.0799 e. The van der Waals surface area contributed by atoms with Crippen LogP contribution in [0.3, 0.4) is 0 Å². The van der Waals surface area contributed by atoms with E-state index in [4.69, 9.17) is 0 Å². The summed E-state index contributed by atoms with van der Waals surface area (Å²) in [4.78, 5) is 0. The van der Waals surface area contributed by atoms with Gasteiger partial charge in [-0.1, -0.05) is 12.2 Å². The molecular formula is C8H14O. The van der Waals surface area contributed by atoms with E-state index in [1.807, 2.05) is 13.0 Å². The highest BCUT2D eigenvalue weighted by Gasteiger charge is 2.16. The molecule has 0 heterocycles. The molecule has 1 aliphatic rings. The van der Waals surface area contributed by atoms with E-state index in [1.165, 1.54) is 6.42 Å². The maximum absolute atomic E-state index is 9.47. The van der Waals surface area contributed by atoms with Crippen LogP contribution in [0.25, 0.3) is 0 Å². The Labute approximate surface area is 56.4 Å². The smallest absolute Gasteiger partial charge is 0.0799 e. The number of hydrogen-bond donors (Lipinski definition) is 1. The van der Waals surface area contributed by atoms with Crippen molar-refractivity contribution in [3.05, 3.63) is 12.2 Å². The Hall–Kier alpha value is -0.300. The molecule has 9 heavy (non-hydrogen) atoms. The summed E-state index contributed by atoms with van der Waals surface area (Å²) >= 11 is 0. The fourth-order valence-corrected chi connectivity index (χ4v) is 1.17. The number of rotatable bonds is 0. The van der Waals surface area contributed by atoms with Crippen LogP contribution in [-0.4, -0.2) is 10.7 Å². The molecule has 0 aromatic rings. The Balaban J connectivity index is 2.52. The minimum absolute atomic E-state index is 0.517. The van der Waals surface area contributed by atoms with Crippen LogP contribution in [0, 0.1) is 0 Å². The van der Waals surface area contributed by atoms with Gasteiger partial charge < -0.3 is 5.11 Å². The van der Waals surface area contributed by atoms with Crippen LogP contribution in [0.15, 0.2) is 12.2 Å². The molecule has 0 radical (unpaired) electrons. The summed E-state index contributed by atoms with van der Waals surface area (Å²) in [5.74, 6) is 0. The van der Waals surface area contributed by atoms with Gasteiger partial charge in [0.25, 0.3) is 0 Å². The van der Waals surface area contributed by atoms with Crippen LogP contribution in [0.2, 0.25) is 0 Å². The maximum atomic E-state index is 9.47. The quantitative estimate of drug-likeness (QED) is 0.491.